The van der Waals surface area contributed by atoms with Crippen molar-refractivity contribution < 1.29 is 9.59 Å². The molecule has 4 nitrogen and oxygen atoms in total. The van der Waals surface area contributed by atoms with Crippen molar-refractivity contribution in [2.45, 2.75) is 26.2 Å². The van der Waals surface area contributed by atoms with Crippen molar-refractivity contribution in [3.63, 3.8) is 0 Å². The van der Waals surface area contributed by atoms with Gasteiger partial charge in [0.05, 0.1) is 0 Å². The molecule has 0 unspecified atom stereocenters. The van der Waals surface area contributed by atoms with Crippen LogP contribution in [0.5, 0.6) is 0 Å². The van der Waals surface area contributed by atoms with E-state index in [4.69, 9.17) is 0 Å². The molecule has 1 aromatic carbocycles. The third kappa shape index (κ3) is 4.58. The molecular weight excluding hydrogens is 240 g/mol. The van der Waals surface area contributed by atoms with Gasteiger partial charge in [0.15, 0.2) is 0 Å². The van der Waals surface area contributed by atoms with E-state index in [9.17, 15) is 9.59 Å². The second-order valence-corrected chi connectivity index (χ2v) is 5.28. The van der Waals surface area contributed by atoms with Gasteiger partial charge in [0, 0.05) is 12.2 Å². The van der Waals surface area contributed by atoms with Crippen LogP contribution >= 0.6 is 0 Å². The zero-order valence-electron chi connectivity index (χ0n) is 11.6. The molecule has 0 radical (unpaired) electrons. The lowest BCUT2D eigenvalue weighted by atomic mass is 9.87. The third-order valence-corrected chi connectivity index (χ3v) is 2.62. The minimum atomic E-state index is -0.676. The van der Waals surface area contributed by atoms with Gasteiger partial charge in [-0.1, -0.05) is 39.0 Å². The number of anilines is 1. The second-order valence-electron chi connectivity index (χ2n) is 5.28. The Balaban J connectivity index is 2.65. The van der Waals surface area contributed by atoms with Crippen molar-refractivity contribution in [3.05, 3.63) is 42.5 Å². The molecule has 0 aromatic heterocycles. The van der Waals surface area contributed by atoms with Gasteiger partial charge in [-0.15, -0.1) is 6.58 Å². The molecule has 0 fully saturated rings. The Hall–Kier alpha value is -2.10. The van der Waals surface area contributed by atoms with Gasteiger partial charge < -0.3 is 10.6 Å². The zero-order chi connectivity index (χ0) is 14.5. The highest BCUT2D eigenvalue weighted by molar-refractivity contribution is 6.39. The number of rotatable bonds is 3. The van der Waals surface area contributed by atoms with Crippen LogP contribution in [0.1, 0.15) is 26.3 Å². The first-order valence-corrected chi connectivity index (χ1v) is 6.15. The van der Waals surface area contributed by atoms with E-state index in [1.165, 1.54) is 11.6 Å². The summed E-state index contributed by atoms with van der Waals surface area (Å²) in [6.07, 6.45) is 1.52. The van der Waals surface area contributed by atoms with E-state index in [0.717, 1.165) is 0 Å². The summed E-state index contributed by atoms with van der Waals surface area (Å²) in [5, 5.41) is 4.96. The molecule has 0 aliphatic carbocycles. The van der Waals surface area contributed by atoms with E-state index in [0.29, 0.717) is 5.69 Å². The maximum atomic E-state index is 11.5. The number of hydrogen-bond donors (Lipinski definition) is 2. The molecule has 4 heteroatoms. The monoisotopic (exact) mass is 260 g/mol. The molecule has 0 atom stereocenters. The summed E-state index contributed by atoms with van der Waals surface area (Å²) in [7, 11) is 0. The standard InChI is InChI=1S/C15H20N2O2/c1-5-10-16-13(18)14(19)17-12-8-6-11(7-9-12)15(2,3)4/h5-9H,1,10H2,2-4H3,(H,16,18)(H,17,19). The Morgan fingerprint density at radius 3 is 2.21 bits per heavy atom. The van der Waals surface area contributed by atoms with Crippen molar-refractivity contribution in [1.82, 2.24) is 5.32 Å². The SMILES string of the molecule is C=CCNC(=O)C(=O)Nc1ccc(C(C)(C)C)cc1. The molecule has 102 valence electrons. The lowest BCUT2D eigenvalue weighted by molar-refractivity contribution is -0.136. The fourth-order valence-corrected chi connectivity index (χ4v) is 1.49. The van der Waals surface area contributed by atoms with Crippen molar-refractivity contribution in [2.75, 3.05) is 11.9 Å². The molecule has 19 heavy (non-hydrogen) atoms. The summed E-state index contributed by atoms with van der Waals surface area (Å²) < 4.78 is 0. The highest BCUT2D eigenvalue weighted by Gasteiger charge is 2.15. The largest absolute Gasteiger partial charge is 0.344 e. The van der Waals surface area contributed by atoms with Crippen LogP contribution in [0, 0.1) is 0 Å². The molecule has 2 amide bonds. The average molecular weight is 260 g/mol. The fraction of sp³-hybridized carbons (Fsp3) is 0.333. The van der Waals surface area contributed by atoms with Gasteiger partial charge in [-0.05, 0) is 23.1 Å². The highest BCUT2D eigenvalue weighted by Crippen LogP contribution is 2.23. The van der Waals surface area contributed by atoms with Gasteiger partial charge in [0.1, 0.15) is 0 Å². The van der Waals surface area contributed by atoms with Crippen LogP contribution in [-0.4, -0.2) is 18.4 Å². The third-order valence-electron chi connectivity index (χ3n) is 2.62. The molecule has 1 rings (SSSR count). The van der Waals surface area contributed by atoms with Crippen molar-refractivity contribution in [1.29, 1.82) is 0 Å². The summed E-state index contributed by atoms with van der Waals surface area (Å²) in [6.45, 7) is 10.1. The Bertz CT molecular complexity index is 470. The first-order chi connectivity index (χ1) is 8.84. The number of nitrogens with one attached hydrogen (secondary N) is 2. The smallest absolute Gasteiger partial charge is 0.313 e. The Labute approximate surface area is 113 Å². The highest BCUT2D eigenvalue weighted by atomic mass is 16.2. The van der Waals surface area contributed by atoms with E-state index >= 15 is 0 Å². The molecule has 0 bridgehead atoms. The molecule has 0 aliphatic heterocycles. The lowest BCUT2D eigenvalue weighted by Gasteiger charge is -2.19. The van der Waals surface area contributed by atoms with Crippen LogP contribution in [0.15, 0.2) is 36.9 Å². The average Bonchev–Trinajstić information content (AvgIpc) is 2.35. The number of carbonyl (C=O) groups excluding carboxylic acids is 2. The molecular formula is C15H20N2O2. The second kappa shape index (κ2) is 6.18. The number of carbonyl (C=O) groups is 2. The molecule has 0 heterocycles. The molecule has 1 aromatic rings. The molecule has 0 spiro atoms. The summed E-state index contributed by atoms with van der Waals surface area (Å²) >= 11 is 0. The van der Waals surface area contributed by atoms with Crippen LogP contribution in [-0.2, 0) is 15.0 Å². The minimum absolute atomic E-state index is 0.0594. The van der Waals surface area contributed by atoms with Gasteiger partial charge in [-0.2, -0.15) is 0 Å². The lowest BCUT2D eigenvalue weighted by Crippen LogP contribution is -2.35. The van der Waals surface area contributed by atoms with Gasteiger partial charge in [0.25, 0.3) is 0 Å². The first kappa shape index (κ1) is 15.0. The van der Waals surface area contributed by atoms with Crippen LogP contribution < -0.4 is 10.6 Å². The number of benzene rings is 1. The fourth-order valence-electron chi connectivity index (χ4n) is 1.49. The zero-order valence-corrected chi connectivity index (χ0v) is 11.6. The maximum Gasteiger partial charge on any atom is 0.313 e. The molecule has 0 saturated carbocycles. The normalized spacial score (nSPS) is 10.7. The Kier molecular flexibility index (Phi) is 4.87. The van der Waals surface area contributed by atoms with Gasteiger partial charge in [0.2, 0.25) is 0 Å². The summed E-state index contributed by atoms with van der Waals surface area (Å²) in [6, 6.07) is 7.47. The van der Waals surface area contributed by atoms with Gasteiger partial charge >= 0.3 is 11.8 Å². The van der Waals surface area contributed by atoms with Gasteiger partial charge in [-0.3, -0.25) is 9.59 Å². The summed E-state index contributed by atoms with van der Waals surface area (Å²) in [4.78, 5) is 22.9. The summed E-state index contributed by atoms with van der Waals surface area (Å²) in [5.41, 5.74) is 1.83. The Morgan fingerprint density at radius 2 is 1.74 bits per heavy atom. The van der Waals surface area contributed by atoms with Crippen LogP contribution in [0.2, 0.25) is 0 Å². The van der Waals surface area contributed by atoms with Crippen LogP contribution in [0.3, 0.4) is 0 Å². The topological polar surface area (TPSA) is 58.2 Å². The molecule has 2 N–H and O–H groups in total. The van der Waals surface area contributed by atoms with Crippen LogP contribution in [0.25, 0.3) is 0 Å². The van der Waals surface area contributed by atoms with Crippen molar-refractivity contribution in [3.8, 4) is 0 Å². The molecule has 0 aliphatic rings. The van der Waals surface area contributed by atoms with Crippen molar-refractivity contribution in [2.24, 2.45) is 0 Å². The maximum absolute atomic E-state index is 11.5. The number of amides is 2. The predicted molar refractivity (Wildman–Crippen MR) is 77.0 cm³/mol. The predicted octanol–water partition coefficient (Wildman–Crippen LogP) is 2.22. The quantitative estimate of drug-likeness (QED) is 0.646. The van der Waals surface area contributed by atoms with E-state index in [2.05, 4.69) is 38.0 Å². The number of hydrogen-bond acceptors (Lipinski definition) is 2. The Morgan fingerprint density at radius 1 is 1.16 bits per heavy atom. The van der Waals surface area contributed by atoms with E-state index in [-0.39, 0.29) is 12.0 Å². The van der Waals surface area contributed by atoms with Crippen molar-refractivity contribution >= 4 is 17.5 Å². The molecule has 0 saturated heterocycles. The van der Waals surface area contributed by atoms with Crippen LogP contribution in [0.4, 0.5) is 5.69 Å². The minimum Gasteiger partial charge on any atom is -0.344 e. The van der Waals surface area contributed by atoms with E-state index in [1.807, 2.05) is 12.1 Å². The van der Waals surface area contributed by atoms with E-state index < -0.39 is 11.8 Å². The summed E-state index contributed by atoms with van der Waals surface area (Å²) in [5.74, 6) is -1.34. The van der Waals surface area contributed by atoms with E-state index in [1.54, 1.807) is 12.1 Å². The van der Waals surface area contributed by atoms with Gasteiger partial charge in [-0.25, -0.2) is 0 Å². The first-order valence-electron chi connectivity index (χ1n) is 6.15.